The summed E-state index contributed by atoms with van der Waals surface area (Å²) in [4.78, 5) is 12.1. The van der Waals surface area contributed by atoms with Crippen molar-refractivity contribution >= 4 is 29.0 Å². The zero-order valence-electron chi connectivity index (χ0n) is 9.91. The predicted octanol–water partition coefficient (Wildman–Crippen LogP) is 4.73. The molecule has 2 aromatic rings. The van der Waals surface area contributed by atoms with Gasteiger partial charge in [-0.05, 0) is 30.7 Å². The number of carbonyl (C=O) groups is 1. The summed E-state index contributed by atoms with van der Waals surface area (Å²) in [5.41, 5.74) is 2.67. The summed E-state index contributed by atoms with van der Waals surface area (Å²) >= 11 is 11.8. The third-order valence-electron chi connectivity index (χ3n) is 2.69. The highest BCUT2D eigenvalue weighted by Crippen LogP contribution is 2.23. The number of benzene rings is 2. The fourth-order valence-corrected chi connectivity index (χ4v) is 2.08. The average molecular weight is 279 g/mol. The second-order valence-electron chi connectivity index (χ2n) is 4.22. The molecule has 0 aliphatic heterocycles. The van der Waals surface area contributed by atoms with E-state index in [2.05, 4.69) is 0 Å². The van der Waals surface area contributed by atoms with E-state index in [4.69, 9.17) is 23.2 Å². The molecule has 2 aromatic carbocycles. The van der Waals surface area contributed by atoms with Crippen molar-refractivity contribution in [2.45, 2.75) is 13.3 Å². The molecule has 0 saturated carbocycles. The van der Waals surface area contributed by atoms with Gasteiger partial charge in [-0.3, -0.25) is 4.79 Å². The predicted molar refractivity (Wildman–Crippen MR) is 75.7 cm³/mol. The molecule has 3 heteroatoms. The molecule has 18 heavy (non-hydrogen) atoms. The van der Waals surface area contributed by atoms with Gasteiger partial charge in [0.25, 0.3) is 0 Å². The highest BCUT2D eigenvalue weighted by molar-refractivity contribution is 6.42. The largest absolute Gasteiger partial charge is 0.294 e. The van der Waals surface area contributed by atoms with E-state index in [0.717, 1.165) is 16.7 Å². The molecule has 1 nitrogen and oxygen atoms in total. The Bertz CT molecular complexity index is 591. The van der Waals surface area contributed by atoms with Crippen molar-refractivity contribution in [2.75, 3.05) is 0 Å². The first kappa shape index (κ1) is 13.1. The number of carbonyl (C=O) groups excluding carboxylic acids is 1. The summed E-state index contributed by atoms with van der Waals surface area (Å²) in [7, 11) is 0. The lowest BCUT2D eigenvalue weighted by Gasteiger charge is -2.04. The molecule has 0 aliphatic rings. The molecule has 0 aromatic heterocycles. The lowest BCUT2D eigenvalue weighted by Crippen LogP contribution is -2.03. The van der Waals surface area contributed by atoms with Crippen LogP contribution in [-0.4, -0.2) is 5.78 Å². The Hall–Kier alpha value is -1.31. The number of Topliss-reactive ketones (excluding diaryl/α,β-unsaturated/α-hetero) is 1. The van der Waals surface area contributed by atoms with Crippen LogP contribution in [0.4, 0.5) is 0 Å². The smallest absolute Gasteiger partial charge is 0.167 e. The molecular weight excluding hydrogens is 267 g/mol. The van der Waals surface area contributed by atoms with Gasteiger partial charge in [-0.1, -0.05) is 53.0 Å². The van der Waals surface area contributed by atoms with E-state index in [1.165, 1.54) is 0 Å². The molecule has 0 N–H and O–H groups in total. The van der Waals surface area contributed by atoms with E-state index < -0.39 is 0 Å². The first-order valence-electron chi connectivity index (χ1n) is 5.60. The number of rotatable bonds is 3. The van der Waals surface area contributed by atoms with Crippen LogP contribution in [0.5, 0.6) is 0 Å². The monoisotopic (exact) mass is 278 g/mol. The van der Waals surface area contributed by atoms with Crippen molar-refractivity contribution in [3.63, 3.8) is 0 Å². The fourth-order valence-electron chi connectivity index (χ4n) is 1.76. The first-order chi connectivity index (χ1) is 8.56. The van der Waals surface area contributed by atoms with Gasteiger partial charge in [0, 0.05) is 12.0 Å². The third kappa shape index (κ3) is 3.12. The van der Waals surface area contributed by atoms with Gasteiger partial charge >= 0.3 is 0 Å². The van der Waals surface area contributed by atoms with Gasteiger partial charge in [0.05, 0.1) is 10.0 Å². The summed E-state index contributed by atoms with van der Waals surface area (Å²) < 4.78 is 0. The van der Waals surface area contributed by atoms with Crippen LogP contribution in [0.2, 0.25) is 10.0 Å². The molecule has 0 amide bonds. The standard InChI is InChI=1S/C15H12Cl2O/c1-10-3-2-4-12(7-10)15(18)9-11-5-6-13(16)14(17)8-11/h2-8H,9H2,1H3. The molecule has 0 spiro atoms. The van der Waals surface area contributed by atoms with Crippen LogP contribution in [0.1, 0.15) is 21.5 Å². The fraction of sp³-hybridized carbons (Fsp3) is 0.133. The van der Waals surface area contributed by atoms with E-state index in [0.29, 0.717) is 16.5 Å². The average Bonchev–Trinajstić information content (AvgIpc) is 2.34. The van der Waals surface area contributed by atoms with Crippen LogP contribution in [-0.2, 0) is 6.42 Å². The van der Waals surface area contributed by atoms with Crippen LogP contribution in [0.15, 0.2) is 42.5 Å². The Balaban J connectivity index is 2.18. The molecule has 0 atom stereocenters. The molecule has 0 saturated heterocycles. The number of hydrogen-bond acceptors (Lipinski definition) is 1. The highest BCUT2D eigenvalue weighted by Gasteiger charge is 2.08. The quantitative estimate of drug-likeness (QED) is 0.742. The molecule has 0 aliphatic carbocycles. The summed E-state index contributed by atoms with van der Waals surface area (Å²) in [6.45, 7) is 1.97. The van der Waals surface area contributed by atoms with Crippen LogP contribution in [0.25, 0.3) is 0 Å². The maximum Gasteiger partial charge on any atom is 0.167 e. The molecule has 0 unspecified atom stereocenters. The van der Waals surface area contributed by atoms with E-state index >= 15 is 0 Å². The third-order valence-corrected chi connectivity index (χ3v) is 3.43. The van der Waals surface area contributed by atoms with E-state index in [1.54, 1.807) is 12.1 Å². The number of halogens is 2. The SMILES string of the molecule is Cc1cccc(C(=O)Cc2ccc(Cl)c(Cl)c2)c1. The highest BCUT2D eigenvalue weighted by atomic mass is 35.5. The van der Waals surface area contributed by atoms with Crippen LogP contribution in [0.3, 0.4) is 0 Å². The topological polar surface area (TPSA) is 17.1 Å². The van der Waals surface area contributed by atoms with Crippen LogP contribution < -0.4 is 0 Å². The van der Waals surface area contributed by atoms with Crippen molar-refractivity contribution in [3.05, 3.63) is 69.2 Å². The Morgan fingerprint density at radius 2 is 1.83 bits per heavy atom. The molecule has 0 bridgehead atoms. The van der Waals surface area contributed by atoms with Crippen molar-refractivity contribution in [3.8, 4) is 0 Å². The second kappa shape index (κ2) is 5.55. The normalized spacial score (nSPS) is 10.4. The van der Waals surface area contributed by atoms with Gasteiger partial charge < -0.3 is 0 Å². The van der Waals surface area contributed by atoms with Crippen molar-refractivity contribution in [1.82, 2.24) is 0 Å². The van der Waals surface area contributed by atoms with Gasteiger partial charge in [0.2, 0.25) is 0 Å². The molecule has 0 heterocycles. The van der Waals surface area contributed by atoms with Gasteiger partial charge in [-0.25, -0.2) is 0 Å². The van der Waals surface area contributed by atoms with Crippen molar-refractivity contribution in [2.24, 2.45) is 0 Å². The number of hydrogen-bond donors (Lipinski definition) is 0. The summed E-state index contributed by atoms with van der Waals surface area (Å²) in [6.07, 6.45) is 0.334. The van der Waals surface area contributed by atoms with E-state index in [-0.39, 0.29) is 5.78 Å². The minimum Gasteiger partial charge on any atom is -0.294 e. The lowest BCUT2D eigenvalue weighted by atomic mass is 10.0. The zero-order chi connectivity index (χ0) is 13.1. The Morgan fingerprint density at radius 3 is 2.50 bits per heavy atom. The summed E-state index contributed by atoms with van der Waals surface area (Å²) in [5, 5.41) is 0.981. The van der Waals surface area contributed by atoms with Crippen molar-refractivity contribution < 1.29 is 4.79 Å². The molecule has 92 valence electrons. The first-order valence-corrected chi connectivity index (χ1v) is 6.35. The van der Waals surface area contributed by atoms with Gasteiger partial charge in [-0.2, -0.15) is 0 Å². The van der Waals surface area contributed by atoms with Gasteiger partial charge in [0.1, 0.15) is 0 Å². The Labute approximate surface area is 116 Å². The zero-order valence-corrected chi connectivity index (χ0v) is 11.4. The van der Waals surface area contributed by atoms with E-state index in [1.807, 2.05) is 37.3 Å². The van der Waals surface area contributed by atoms with Crippen LogP contribution in [0, 0.1) is 6.92 Å². The minimum atomic E-state index is 0.0806. The Kier molecular flexibility index (Phi) is 4.05. The molecule has 2 rings (SSSR count). The van der Waals surface area contributed by atoms with Gasteiger partial charge in [0.15, 0.2) is 5.78 Å². The molecule has 0 fully saturated rings. The maximum absolute atomic E-state index is 12.1. The summed E-state index contributed by atoms with van der Waals surface area (Å²) in [5.74, 6) is 0.0806. The van der Waals surface area contributed by atoms with Gasteiger partial charge in [-0.15, -0.1) is 0 Å². The second-order valence-corrected chi connectivity index (χ2v) is 5.03. The number of ketones is 1. The number of aryl methyl sites for hydroxylation is 1. The van der Waals surface area contributed by atoms with Crippen molar-refractivity contribution in [1.29, 1.82) is 0 Å². The maximum atomic E-state index is 12.1. The molecule has 0 radical (unpaired) electrons. The minimum absolute atomic E-state index is 0.0806. The van der Waals surface area contributed by atoms with Crippen LogP contribution >= 0.6 is 23.2 Å². The Morgan fingerprint density at radius 1 is 1.06 bits per heavy atom. The molecular formula is C15H12Cl2O. The van der Waals surface area contributed by atoms with E-state index in [9.17, 15) is 4.79 Å². The summed E-state index contributed by atoms with van der Waals surface area (Å²) in [6, 6.07) is 12.8. The lowest BCUT2D eigenvalue weighted by molar-refractivity contribution is 0.0993.